The first-order chi connectivity index (χ1) is 13.6. The van der Waals surface area contributed by atoms with Gasteiger partial charge in [0.05, 0.1) is 17.8 Å². The summed E-state index contributed by atoms with van der Waals surface area (Å²) >= 11 is 0. The molecular weight excluding hydrogens is 355 g/mol. The summed E-state index contributed by atoms with van der Waals surface area (Å²) in [6, 6.07) is 13.8. The lowest BCUT2D eigenvalue weighted by atomic mass is 10.1. The largest absolute Gasteiger partial charge is 0.490 e. The zero-order valence-corrected chi connectivity index (χ0v) is 16.1. The van der Waals surface area contributed by atoms with E-state index in [0.717, 1.165) is 17.3 Å². The Bertz CT molecular complexity index is 1000. The van der Waals surface area contributed by atoms with Crippen LogP contribution in [0.5, 0.6) is 5.75 Å². The molecule has 3 rings (SSSR count). The maximum atomic E-state index is 14.9. The van der Waals surface area contributed by atoms with E-state index in [2.05, 4.69) is 11.9 Å². The summed E-state index contributed by atoms with van der Waals surface area (Å²) in [5, 5.41) is 0.861. The van der Waals surface area contributed by atoms with Crippen LogP contribution in [0.4, 0.5) is 10.1 Å². The second-order valence-corrected chi connectivity index (χ2v) is 6.38. The lowest BCUT2D eigenvalue weighted by molar-refractivity contribution is 0.0992. The number of amides is 1. The van der Waals surface area contributed by atoms with Gasteiger partial charge in [0, 0.05) is 24.2 Å². The Morgan fingerprint density at radius 2 is 2.04 bits per heavy atom. The molecule has 0 N–H and O–H groups in total. The molecule has 144 valence electrons. The van der Waals surface area contributed by atoms with Crippen molar-refractivity contribution in [3.05, 3.63) is 78.3 Å². The second-order valence-electron chi connectivity index (χ2n) is 6.38. The molecule has 2 aromatic carbocycles. The van der Waals surface area contributed by atoms with Crippen molar-refractivity contribution < 1.29 is 13.9 Å². The van der Waals surface area contributed by atoms with Crippen molar-refractivity contribution >= 4 is 22.5 Å². The molecule has 0 aliphatic rings. The average molecular weight is 378 g/mol. The van der Waals surface area contributed by atoms with Gasteiger partial charge < -0.3 is 9.64 Å². The van der Waals surface area contributed by atoms with E-state index in [1.165, 1.54) is 4.90 Å². The summed E-state index contributed by atoms with van der Waals surface area (Å²) in [7, 11) is 1.56. The molecule has 0 radical (unpaired) electrons. The number of hydrogen-bond donors (Lipinski definition) is 0. The predicted molar refractivity (Wildman–Crippen MR) is 110 cm³/mol. The molecule has 0 atom stereocenters. The van der Waals surface area contributed by atoms with Crippen molar-refractivity contribution in [3.8, 4) is 5.75 Å². The van der Waals surface area contributed by atoms with Gasteiger partial charge in [0.25, 0.3) is 5.91 Å². The van der Waals surface area contributed by atoms with Crippen molar-refractivity contribution in [3.63, 3.8) is 0 Å². The minimum absolute atomic E-state index is 0.143. The van der Waals surface area contributed by atoms with E-state index in [1.807, 2.05) is 24.3 Å². The molecule has 4 nitrogen and oxygen atoms in total. The van der Waals surface area contributed by atoms with Gasteiger partial charge in [-0.2, -0.15) is 0 Å². The summed E-state index contributed by atoms with van der Waals surface area (Å²) in [4.78, 5) is 18.4. The maximum Gasteiger partial charge on any atom is 0.258 e. The van der Waals surface area contributed by atoms with E-state index < -0.39 is 5.82 Å². The third-order valence-corrected chi connectivity index (χ3v) is 4.40. The van der Waals surface area contributed by atoms with E-state index in [-0.39, 0.29) is 17.3 Å². The van der Waals surface area contributed by atoms with Crippen LogP contribution in [0, 0.1) is 5.82 Å². The Kier molecular flexibility index (Phi) is 6.37. The first-order valence-corrected chi connectivity index (χ1v) is 9.31. The molecule has 1 aromatic heterocycles. The second kappa shape index (κ2) is 9.13. The van der Waals surface area contributed by atoms with Crippen LogP contribution in [0.2, 0.25) is 0 Å². The van der Waals surface area contributed by atoms with Crippen LogP contribution in [0.25, 0.3) is 10.9 Å². The van der Waals surface area contributed by atoms with Gasteiger partial charge >= 0.3 is 0 Å². The van der Waals surface area contributed by atoms with Crippen LogP contribution in [0.15, 0.2) is 66.9 Å². The SMILES string of the molecule is CCC=CCCOc1cccc(N(C)C(=O)c2ccc3ncccc3c2)c1F. The number of nitrogens with zero attached hydrogens (tertiary/aromatic N) is 2. The fourth-order valence-corrected chi connectivity index (χ4v) is 2.90. The van der Waals surface area contributed by atoms with Gasteiger partial charge in [0.2, 0.25) is 0 Å². The minimum atomic E-state index is -0.541. The van der Waals surface area contributed by atoms with Gasteiger partial charge in [0.15, 0.2) is 11.6 Å². The van der Waals surface area contributed by atoms with Crippen LogP contribution in [0.3, 0.4) is 0 Å². The average Bonchev–Trinajstić information content (AvgIpc) is 2.73. The highest BCUT2D eigenvalue weighted by atomic mass is 19.1. The van der Waals surface area contributed by atoms with E-state index >= 15 is 0 Å². The highest BCUT2D eigenvalue weighted by Crippen LogP contribution is 2.28. The topological polar surface area (TPSA) is 42.4 Å². The lowest BCUT2D eigenvalue weighted by Gasteiger charge is -2.19. The van der Waals surface area contributed by atoms with Crippen LogP contribution in [0.1, 0.15) is 30.1 Å². The molecule has 28 heavy (non-hydrogen) atoms. The molecule has 5 heteroatoms. The maximum absolute atomic E-state index is 14.9. The Balaban J connectivity index is 1.78. The molecule has 0 aliphatic heterocycles. The number of fused-ring (bicyclic) bond motifs is 1. The summed E-state index contributed by atoms with van der Waals surface area (Å²) in [5.41, 5.74) is 1.46. The number of benzene rings is 2. The first kappa shape index (κ1) is 19.5. The lowest BCUT2D eigenvalue weighted by Crippen LogP contribution is -2.27. The third kappa shape index (κ3) is 4.36. The Morgan fingerprint density at radius 1 is 1.18 bits per heavy atom. The van der Waals surface area contributed by atoms with Gasteiger partial charge in [-0.1, -0.05) is 31.2 Å². The number of carbonyl (C=O) groups excluding carboxylic acids is 1. The summed E-state index contributed by atoms with van der Waals surface area (Å²) in [6.45, 7) is 2.44. The standard InChI is InChI=1S/C23H23FN2O2/c1-3-4-5-6-15-28-21-11-7-10-20(22(21)24)26(2)23(27)18-12-13-19-17(16-18)9-8-14-25-19/h4-5,7-14,16H,3,6,15H2,1-2H3. The summed E-state index contributed by atoms with van der Waals surface area (Å²) in [5.74, 6) is -0.697. The van der Waals surface area contributed by atoms with Crippen molar-refractivity contribution in [1.29, 1.82) is 0 Å². The van der Waals surface area contributed by atoms with Gasteiger partial charge in [-0.15, -0.1) is 0 Å². The summed E-state index contributed by atoms with van der Waals surface area (Å²) in [6.07, 6.45) is 7.42. The van der Waals surface area contributed by atoms with Crippen LogP contribution in [-0.4, -0.2) is 24.5 Å². The van der Waals surface area contributed by atoms with Crippen molar-refractivity contribution in [2.75, 3.05) is 18.6 Å². The molecule has 0 bridgehead atoms. The molecule has 1 heterocycles. The van der Waals surface area contributed by atoms with Crippen LogP contribution >= 0.6 is 0 Å². The molecule has 0 unspecified atom stereocenters. The normalized spacial score (nSPS) is 11.1. The van der Waals surface area contributed by atoms with E-state index in [9.17, 15) is 9.18 Å². The van der Waals surface area contributed by atoms with Crippen molar-refractivity contribution in [2.24, 2.45) is 0 Å². The van der Waals surface area contributed by atoms with Crippen molar-refractivity contribution in [1.82, 2.24) is 4.98 Å². The fourth-order valence-electron chi connectivity index (χ4n) is 2.90. The van der Waals surface area contributed by atoms with E-state index in [4.69, 9.17) is 4.74 Å². The Morgan fingerprint density at radius 3 is 2.86 bits per heavy atom. The highest BCUT2D eigenvalue weighted by Gasteiger charge is 2.19. The number of carbonyl (C=O) groups is 1. The minimum Gasteiger partial charge on any atom is -0.490 e. The Hall–Kier alpha value is -3.21. The molecule has 0 saturated heterocycles. The quantitative estimate of drug-likeness (QED) is 0.409. The molecule has 0 spiro atoms. The first-order valence-electron chi connectivity index (χ1n) is 9.31. The zero-order chi connectivity index (χ0) is 19.9. The molecule has 0 aliphatic carbocycles. The van der Waals surface area contributed by atoms with E-state index in [0.29, 0.717) is 18.6 Å². The van der Waals surface area contributed by atoms with Crippen molar-refractivity contribution in [2.45, 2.75) is 19.8 Å². The number of halogens is 1. The molecule has 1 amide bonds. The van der Waals surface area contributed by atoms with Crippen LogP contribution < -0.4 is 9.64 Å². The number of pyridine rings is 1. The number of hydrogen-bond acceptors (Lipinski definition) is 3. The Labute approximate surface area is 164 Å². The van der Waals surface area contributed by atoms with E-state index in [1.54, 1.807) is 49.6 Å². The number of aromatic nitrogens is 1. The summed E-state index contributed by atoms with van der Waals surface area (Å²) < 4.78 is 20.4. The predicted octanol–water partition coefficient (Wildman–Crippen LogP) is 5.39. The monoisotopic (exact) mass is 378 g/mol. The van der Waals surface area contributed by atoms with Gasteiger partial charge in [0.1, 0.15) is 0 Å². The smallest absolute Gasteiger partial charge is 0.258 e. The third-order valence-electron chi connectivity index (χ3n) is 4.40. The zero-order valence-electron chi connectivity index (χ0n) is 16.1. The fraction of sp³-hybridized carbons (Fsp3) is 0.217. The van der Waals surface area contributed by atoms with Gasteiger partial charge in [-0.05, 0) is 49.2 Å². The number of rotatable bonds is 7. The number of ether oxygens (including phenoxy) is 1. The molecule has 3 aromatic rings. The molecule has 0 fully saturated rings. The van der Waals surface area contributed by atoms with Crippen LogP contribution in [-0.2, 0) is 0 Å². The molecular formula is C23H23FN2O2. The van der Waals surface area contributed by atoms with Gasteiger partial charge in [-0.25, -0.2) is 4.39 Å². The molecule has 0 saturated carbocycles. The highest BCUT2D eigenvalue weighted by molar-refractivity contribution is 6.07. The number of allylic oxidation sites excluding steroid dienone is 1. The van der Waals surface area contributed by atoms with Gasteiger partial charge in [-0.3, -0.25) is 9.78 Å². The number of anilines is 1.